The normalized spacial score (nSPS) is 9.82. The largest absolute Gasteiger partial charge is 0.484 e. The average molecular weight is 298 g/mol. The smallest absolute Gasteiger partial charge is 0.258 e. The second-order valence-electron chi connectivity index (χ2n) is 4.64. The summed E-state index contributed by atoms with van der Waals surface area (Å²) in [4.78, 5) is 23.2. The van der Waals surface area contributed by atoms with Gasteiger partial charge in [0.05, 0.1) is 6.54 Å². The molecule has 0 fully saturated rings. The van der Waals surface area contributed by atoms with Gasteiger partial charge in [-0.3, -0.25) is 9.59 Å². The number of carbonyl (C=O) groups is 2. The van der Waals surface area contributed by atoms with E-state index in [0.29, 0.717) is 12.3 Å². The maximum atomic E-state index is 11.6. The summed E-state index contributed by atoms with van der Waals surface area (Å²) >= 11 is 0. The minimum atomic E-state index is -0.335. The first kappa shape index (κ1) is 15.6. The van der Waals surface area contributed by atoms with E-state index in [-0.39, 0.29) is 25.0 Å². The van der Waals surface area contributed by atoms with E-state index >= 15 is 0 Å². The Labute approximate surface area is 129 Å². The topological polar surface area (TPSA) is 67.4 Å². The van der Waals surface area contributed by atoms with Crippen LogP contribution in [0.4, 0.5) is 0 Å². The Balaban J connectivity index is 1.62. The monoisotopic (exact) mass is 298 g/mol. The minimum absolute atomic E-state index is 0.0657. The summed E-state index contributed by atoms with van der Waals surface area (Å²) in [5.74, 6) is 0.0433. The van der Waals surface area contributed by atoms with Gasteiger partial charge in [0, 0.05) is 6.54 Å². The van der Waals surface area contributed by atoms with Gasteiger partial charge in [0.15, 0.2) is 6.61 Å². The maximum Gasteiger partial charge on any atom is 0.258 e. The number of hydrogen-bond acceptors (Lipinski definition) is 3. The van der Waals surface area contributed by atoms with Crippen LogP contribution in [0.25, 0.3) is 0 Å². The molecule has 0 heterocycles. The first-order valence-electron chi connectivity index (χ1n) is 6.99. The van der Waals surface area contributed by atoms with Gasteiger partial charge >= 0.3 is 0 Å². The van der Waals surface area contributed by atoms with Crippen LogP contribution in [-0.2, 0) is 16.1 Å². The molecule has 5 nitrogen and oxygen atoms in total. The first-order chi connectivity index (χ1) is 10.7. The predicted octanol–water partition coefficient (Wildman–Crippen LogP) is 1.50. The third kappa shape index (κ3) is 5.66. The van der Waals surface area contributed by atoms with Gasteiger partial charge in [0.1, 0.15) is 5.75 Å². The van der Waals surface area contributed by atoms with Crippen LogP contribution >= 0.6 is 0 Å². The second kappa shape index (κ2) is 8.46. The molecule has 0 spiro atoms. The number of para-hydroxylation sites is 1. The van der Waals surface area contributed by atoms with Crippen LogP contribution in [-0.4, -0.2) is 25.0 Å². The lowest BCUT2D eigenvalue weighted by molar-refractivity contribution is -0.127. The Morgan fingerprint density at radius 3 is 2.14 bits per heavy atom. The van der Waals surface area contributed by atoms with Crippen molar-refractivity contribution in [3.8, 4) is 5.75 Å². The van der Waals surface area contributed by atoms with Crippen LogP contribution in [0.1, 0.15) is 5.56 Å². The predicted molar refractivity (Wildman–Crippen MR) is 83.2 cm³/mol. The fourth-order valence-corrected chi connectivity index (χ4v) is 1.75. The molecule has 2 aromatic rings. The van der Waals surface area contributed by atoms with Crippen molar-refractivity contribution in [2.45, 2.75) is 6.54 Å². The van der Waals surface area contributed by atoms with E-state index < -0.39 is 0 Å². The van der Waals surface area contributed by atoms with Crippen molar-refractivity contribution in [3.63, 3.8) is 0 Å². The zero-order valence-corrected chi connectivity index (χ0v) is 12.1. The van der Waals surface area contributed by atoms with E-state index in [1.807, 2.05) is 48.5 Å². The van der Waals surface area contributed by atoms with Crippen molar-refractivity contribution in [1.29, 1.82) is 0 Å². The van der Waals surface area contributed by atoms with Crippen molar-refractivity contribution < 1.29 is 14.3 Å². The zero-order valence-electron chi connectivity index (χ0n) is 12.1. The van der Waals surface area contributed by atoms with Gasteiger partial charge in [-0.25, -0.2) is 0 Å². The number of rotatable bonds is 7. The average Bonchev–Trinajstić information content (AvgIpc) is 2.58. The Kier molecular flexibility index (Phi) is 5.99. The molecule has 2 rings (SSSR count). The van der Waals surface area contributed by atoms with Crippen molar-refractivity contribution in [2.24, 2.45) is 0 Å². The molecule has 2 N–H and O–H groups in total. The third-order valence-corrected chi connectivity index (χ3v) is 2.89. The summed E-state index contributed by atoms with van der Waals surface area (Å²) in [6.45, 7) is 0.260. The highest BCUT2D eigenvalue weighted by Crippen LogP contribution is 2.07. The van der Waals surface area contributed by atoms with Gasteiger partial charge in [-0.1, -0.05) is 48.5 Å². The molecule has 5 heteroatoms. The molecule has 114 valence electrons. The maximum absolute atomic E-state index is 11.6. The van der Waals surface area contributed by atoms with Crippen LogP contribution in [0.2, 0.25) is 0 Å². The SMILES string of the molecule is O=C(CNC(=O)COc1ccccc1)NCc1ccccc1. The quantitative estimate of drug-likeness (QED) is 0.814. The number of carbonyl (C=O) groups excluding carboxylic acids is 2. The van der Waals surface area contributed by atoms with Gasteiger partial charge in [-0.15, -0.1) is 0 Å². The first-order valence-corrected chi connectivity index (χ1v) is 6.99. The lowest BCUT2D eigenvalue weighted by Crippen LogP contribution is -2.38. The van der Waals surface area contributed by atoms with Gasteiger partial charge in [-0.05, 0) is 17.7 Å². The van der Waals surface area contributed by atoms with Gasteiger partial charge in [0.2, 0.25) is 5.91 Å². The Morgan fingerprint density at radius 1 is 0.818 bits per heavy atom. The molecule has 0 saturated carbocycles. The van der Waals surface area contributed by atoms with Crippen molar-refractivity contribution in [2.75, 3.05) is 13.2 Å². The Morgan fingerprint density at radius 2 is 1.45 bits per heavy atom. The van der Waals surface area contributed by atoms with Crippen LogP contribution in [0.15, 0.2) is 60.7 Å². The second-order valence-corrected chi connectivity index (χ2v) is 4.64. The molecule has 0 radical (unpaired) electrons. The number of nitrogens with one attached hydrogen (secondary N) is 2. The molecule has 0 atom stereocenters. The van der Waals surface area contributed by atoms with E-state index in [4.69, 9.17) is 4.74 Å². The van der Waals surface area contributed by atoms with Crippen LogP contribution in [0.5, 0.6) is 5.75 Å². The summed E-state index contributed by atoms with van der Waals surface area (Å²) in [7, 11) is 0. The number of benzene rings is 2. The molecule has 2 aromatic carbocycles. The summed E-state index contributed by atoms with van der Waals surface area (Å²) in [6, 6.07) is 18.6. The molecule has 0 aliphatic carbocycles. The fourth-order valence-electron chi connectivity index (χ4n) is 1.75. The van der Waals surface area contributed by atoms with Crippen molar-refractivity contribution in [3.05, 3.63) is 66.2 Å². The molecule has 22 heavy (non-hydrogen) atoms. The highest BCUT2D eigenvalue weighted by atomic mass is 16.5. The van der Waals surface area contributed by atoms with Crippen LogP contribution in [0.3, 0.4) is 0 Å². The Hall–Kier alpha value is -2.82. The molecule has 0 bridgehead atoms. The van der Waals surface area contributed by atoms with E-state index in [1.54, 1.807) is 12.1 Å². The molecular formula is C17H18N2O3. The van der Waals surface area contributed by atoms with Crippen molar-refractivity contribution in [1.82, 2.24) is 10.6 Å². The summed E-state index contributed by atoms with van der Waals surface area (Å²) in [5, 5.41) is 5.25. The number of hydrogen-bond donors (Lipinski definition) is 2. The summed E-state index contributed by atoms with van der Waals surface area (Å²) < 4.78 is 5.29. The fraction of sp³-hybridized carbons (Fsp3) is 0.176. The van der Waals surface area contributed by atoms with Crippen LogP contribution in [0, 0.1) is 0 Å². The highest BCUT2D eigenvalue weighted by molar-refractivity contribution is 5.85. The lowest BCUT2D eigenvalue weighted by Gasteiger charge is -2.08. The van der Waals surface area contributed by atoms with Gasteiger partial charge < -0.3 is 15.4 Å². The number of amides is 2. The van der Waals surface area contributed by atoms with E-state index in [1.165, 1.54) is 0 Å². The summed E-state index contributed by atoms with van der Waals surface area (Å²) in [6.07, 6.45) is 0. The standard InChI is InChI=1S/C17H18N2O3/c20-16(18-11-14-7-3-1-4-8-14)12-19-17(21)13-22-15-9-5-2-6-10-15/h1-10H,11-13H2,(H,18,20)(H,19,21). The van der Waals surface area contributed by atoms with E-state index in [9.17, 15) is 9.59 Å². The minimum Gasteiger partial charge on any atom is -0.484 e. The van der Waals surface area contributed by atoms with Crippen molar-refractivity contribution >= 4 is 11.8 Å². The molecule has 2 amide bonds. The highest BCUT2D eigenvalue weighted by Gasteiger charge is 2.06. The summed E-state index contributed by atoms with van der Waals surface area (Å²) in [5.41, 5.74) is 1.01. The Bertz CT molecular complexity index is 544. The molecule has 0 aliphatic rings. The lowest BCUT2D eigenvalue weighted by atomic mass is 10.2. The van der Waals surface area contributed by atoms with Gasteiger partial charge in [0.25, 0.3) is 5.91 Å². The van der Waals surface area contributed by atoms with Crippen LogP contribution < -0.4 is 15.4 Å². The number of ether oxygens (including phenoxy) is 1. The molecule has 0 saturated heterocycles. The molecule has 0 aromatic heterocycles. The van der Waals surface area contributed by atoms with Gasteiger partial charge in [-0.2, -0.15) is 0 Å². The third-order valence-electron chi connectivity index (χ3n) is 2.89. The van der Waals surface area contributed by atoms with E-state index in [2.05, 4.69) is 10.6 Å². The molecule has 0 aliphatic heterocycles. The zero-order chi connectivity index (χ0) is 15.6. The molecule has 0 unspecified atom stereocenters. The molecular weight excluding hydrogens is 280 g/mol. The van der Waals surface area contributed by atoms with E-state index in [0.717, 1.165) is 5.56 Å².